The van der Waals surface area contributed by atoms with E-state index in [0.717, 1.165) is 54.1 Å². The second-order valence-corrected chi connectivity index (χ2v) is 16.4. The van der Waals surface area contributed by atoms with Gasteiger partial charge in [0.05, 0.1) is 19.1 Å². The summed E-state index contributed by atoms with van der Waals surface area (Å²) in [6.45, 7) is 27.5. The van der Waals surface area contributed by atoms with Crippen LogP contribution < -0.4 is 9.26 Å². The molecule has 6 heteroatoms. The zero-order valence-corrected chi connectivity index (χ0v) is 31.5. The lowest BCUT2D eigenvalue weighted by atomic mass is 9.84. The summed E-state index contributed by atoms with van der Waals surface area (Å²) in [5.41, 5.74) is 4.63. The molecule has 1 aliphatic heterocycles. The van der Waals surface area contributed by atoms with E-state index in [-0.39, 0.29) is 17.7 Å². The Morgan fingerprint density at radius 1 is 0.841 bits per heavy atom. The molecule has 0 aromatic heterocycles. The monoisotopic (exact) mass is 630 g/mol. The molecule has 4 atom stereocenters. The molecule has 0 spiro atoms. The van der Waals surface area contributed by atoms with Crippen LogP contribution in [0.1, 0.15) is 155 Å². The largest absolute Gasteiger partial charge is 0.487 e. The molecule has 1 aliphatic rings. The first-order valence-electron chi connectivity index (χ1n) is 17.8. The smallest absolute Gasteiger partial charge is 0.321 e. The fourth-order valence-electron chi connectivity index (χ4n) is 6.76. The maximum Gasteiger partial charge on any atom is 0.321 e. The highest BCUT2D eigenvalue weighted by molar-refractivity contribution is 7.45. The maximum atomic E-state index is 9.10. The Morgan fingerprint density at radius 2 is 1.41 bits per heavy atom. The number of hydrogen-bond acceptors (Lipinski definition) is 5. The van der Waals surface area contributed by atoms with Crippen molar-refractivity contribution in [2.45, 2.75) is 178 Å². The maximum absolute atomic E-state index is 9.10. The molecule has 44 heavy (non-hydrogen) atoms. The Hall–Kier alpha value is -1.34. The van der Waals surface area contributed by atoms with Crippen molar-refractivity contribution in [1.29, 1.82) is 5.26 Å². The van der Waals surface area contributed by atoms with Gasteiger partial charge in [-0.15, -0.1) is 0 Å². The highest BCUT2D eigenvalue weighted by atomic mass is 31.2. The Bertz CT molecular complexity index is 1040. The van der Waals surface area contributed by atoms with E-state index in [1.165, 1.54) is 68.1 Å². The Morgan fingerprint density at radius 3 is 1.95 bits per heavy atom. The van der Waals surface area contributed by atoms with Crippen LogP contribution in [0.25, 0.3) is 0 Å². The minimum atomic E-state index is -1.36. The van der Waals surface area contributed by atoms with Crippen LogP contribution in [0.15, 0.2) is 0 Å². The summed E-state index contributed by atoms with van der Waals surface area (Å²) < 4.78 is 22.2. The minimum absolute atomic E-state index is 0.122. The minimum Gasteiger partial charge on any atom is -0.487 e. The summed E-state index contributed by atoms with van der Waals surface area (Å²) in [6.07, 6.45) is 14.2. The van der Waals surface area contributed by atoms with Crippen LogP contribution in [0.5, 0.6) is 11.5 Å². The van der Waals surface area contributed by atoms with Crippen LogP contribution in [0.2, 0.25) is 0 Å². The molecule has 0 saturated carbocycles. The molecule has 0 radical (unpaired) electrons. The molecule has 0 N–H and O–H groups in total. The summed E-state index contributed by atoms with van der Waals surface area (Å²) >= 11 is 0. The van der Waals surface area contributed by atoms with Crippen molar-refractivity contribution in [3.05, 3.63) is 22.3 Å². The molecule has 1 heterocycles. The standard InChI is InChI=1S/C38H67N2O3P/c1-27(2)17-13-18-30(7)19-14-20-31(8)21-15-23-38(12)24-22-35-34(11)36(32(9)33(10)37(35)42-38)43-44(41-26-16-25-39)40(28(3)4)29(5)6/h27-31H,13-24,26H2,1-12H3/t30-,31-,38-,44?/m1/s1. The first-order valence-corrected chi connectivity index (χ1v) is 18.9. The number of benzene rings is 1. The van der Waals surface area contributed by atoms with E-state index in [9.17, 15) is 0 Å². The van der Waals surface area contributed by atoms with Crippen molar-refractivity contribution in [3.63, 3.8) is 0 Å². The van der Waals surface area contributed by atoms with E-state index in [1.807, 2.05) is 0 Å². The number of nitrogens with zero attached hydrogens (tertiary/aromatic N) is 2. The fourth-order valence-corrected chi connectivity index (χ4v) is 8.47. The number of hydrogen-bond donors (Lipinski definition) is 0. The van der Waals surface area contributed by atoms with Gasteiger partial charge in [0.2, 0.25) is 0 Å². The van der Waals surface area contributed by atoms with E-state index in [0.29, 0.717) is 13.0 Å². The number of nitriles is 1. The van der Waals surface area contributed by atoms with Gasteiger partial charge in [0.1, 0.15) is 17.1 Å². The molecule has 1 aromatic rings. The van der Waals surface area contributed by atoms with Gasteiger partial charge in [-0.2, -0.15) is 5.26 Å². The molecule has 0 saturated heterocycles. The van der Waals surface area contributed by atoms with Gasteiger partial charge in [0.25, 0.3) is 0 Å². The first kappa shape index (κ1) is 38.8. The molecule has 1 aromatic carbocycles. The van der Waals surface area contributed by atoms with Gasteiger partial charge in [-0.05, 0) is 116 Å². The molecule has 0 aliphatic carbocycles. The van der Waals surface area contributed by atoms with Crippen LogP contribution in [0.3, 0.4) is 0 Å². The SMILES string of the molecule is Cc1c(C)c2c(c(C)c1OP(OCCC#N)N(C(C)C)C(C)C)CC[C@@](C)(CCC[C@H](C)CCC[C@H](C)CCCC(C)C)O2. The molecule has 2 rings (SSSR count). The van der Waals surface area contributed by atoms with Crippen molar-refractivity contribution < 1.29 is 13.8 Å². The van der Waals surface area contributed by atoms with E-state index in [2.05, 4.69) is 93.8 Å². The average molecular weight is 631 g/mol. The third-order valence-corrected chi connectivity index (χ3v) is 11.7. The summed E-state index contributed by atoms with van der Waals surface area (Å²) in [5, 5.41) is 9.10. The lowest BCUT2D eigenvalue weighted by molar-refractivity contribution is 0.0512. The summed E-state index contributed by atoms with van der Waals surface area (Å²) in [6, 6.07) is 2.72. The van der Waals surface area contributed by atoms with Gasteiger partial charge in [0.15, 0.2) is 0 Å². The zero-order valence-electron chi connectivity index (χ0n) is 30.6. The third kappa shape index (κ3) is 11.8. The van der Waals surface area contributed by atoms with Gasteiger partial charge < -0.3 is 13.8 Å². The zero-order chi connectivity index (χ0) is 33.0. The molecular weight excluding hydrogens is 563 g/mol. The average Bonchev–Trinajstić information content (AvgIpc) is 2.93. The number of rotatable bonds is 20. The highest BCUT2D eigenvalue weighted by Crippen LogP contribution is 2.51. The highest BCUT2D eigenvalue weighted by Gasteiger charge is 2.36. The summed E-state index contributed by atoms with van der Waals surface area (Å²) in [4.78, 5) is 0. The Kier molecular flexibility index (Phi) is 16.5. The van der Waals surface area contributed by atoms with Gasteiger partial charge >= 0.3 is 8.53 Å². The van der Waals surface area contributed by atoms with E-state index < -0.39 is 8.53 Å². The normalized spacial score (nSPS) is 18.8. The lowest BCUT2D eigenvalue weighted by Crippen LogP contribution is -2.37. The molecule has 0 bridgehead atoms. The van der Waals surface area contributed by atoms with Crippen LogP contribution >= 0.6 is 8.53 Å². The molecule has 1 unspecified atom stereocenters. The van der Waals surface area contributed by atoms with Crippen LogP contribution in [0, 0.1) is 49.9 Å². The van der Waals surface area contributed by atoms with E-state index in [4.69, 9.17) is 19.0 Å². The van der Waals surface area contributed by atoms with Gasteiger partial charge in [-0.1, -0.05) is 72.6 Å². The predicted molar refractivity (Wildman–Crippen MR) is 189 cm³/mol. The molecule has 252 valence electrons. The van der Waals surface area contributed by atoms with Crippen LogP contribution in [-0.4, -0.2) is 29.0 Å². The van der Waals surface area contributed by atoms with Crippen LogP contribution in [-0.2, 0) is 10.9 Å². The van der Waals surface area contributed by atoms with Crippen molar-refractivity contribution >= 4 is 8.53 Å². The molecule has 0 amide bonds. The Labute approximate surface area is 273 Å². The van der Waals surface area contributed by atoms with E-state index in [1.54, 1.807) is 0 Å². The van der Waals surface area contributed by atoms with Gasteiger partial charge in [0, 0.05) is 17.6 Å². The second-order valence-electron chi connectivity index (χ2n) is 15.1. The van der Waals surface area contributed by atoms with Crippen molar-refractivity contribution in [2.75, 3.05) is 6.61 Å². The summed E-state index contributed by atoms with van der Waals surface area (Å²) in [5.74, 6) is 4.47. The van der Waals surface area contributed by atoms with Gasteiger partial charge in [-0.3, -0.25) is 0 Å². The molecule has 0 fully saturated rings. The van der Waals surface area contributed by atoms with E-state index >= 15 is 0 Å². The van der Waals surface area contributed by atoms with Crippen molar-refractivity contribution in [3.8, 4) is 17.6 Å². The number of fused-ring (bicyclic) bond motifs is 1. The fraction of sp³-hybridized carbons (Fsp3) is 0.816. The lowest BCUT2D eigenvalue weighted by Gasteiger charge is -2.39. The molecular formula is C38H67N2O3P. The van der Waals surface area contributed by atoms with Gasteiger partial charge in [-0.25, -0.2) is 4.67 Å². The summed E-state index contributed by atoms with van der Waals surface area (Å²) in [7, 11) is -1.36. The van der Waals surface area contributed by atoms with Crippen molar-refractivity contribution in [2.24, 2.45) is 17.8 Å². The Balaban J connectivity index is 2.03. The topological polar surface area (TPSA) is 54.7 Å². The van der Waals surface area contributed by atoms with Crippen molar-refractivity contribution in [1.82, 2.24) is 4.67 Å². The van der Waals surface area contributed by atoms with Crippen LogP contribution in [0.4, 0.5) is 0 Å². The quantitative estimate of drug-likeness (QED) is 0.106. The first-order chi connectivity index (χ1) is 20.7. The second kappa shape index (κ2) is 18.7. The third-order valence-electron chi connectivity index (χ3n) is 9.67. The molecule has 5 nitrogen and oxygen atoms in total. The number of ether oxygens (including phenoxy) is 1. The predicted octanol–water partition coefficient (Wildman–Crippen LogP) is 11.8.